The summed E-state index contributed by atoms with van der Waals surface area (Å²) in [7, 11) is 0. The van der Waals surface area contributed by atoms with E-state index in [0.717, 1.165) is 68.8 Å². The summed E-state index contributed by atoms with van der Waals surface area (Å²) < 4.78 is 10.3. The average Bonchev–Trinajstić information content (AvgIpc) is 3.20. The second kappa shape index (κ2) is 10.7. The maximum absolute atomic E-state index is 13.1. The quantitative estimate of drug-likeness (QED) is 0.613. The minimum atomic E-state index is -0.456. The van der Waals surface area contributed by atoms with Gasteiger partial charge in [-0.1, -0.05) is 13.0 Å². The molecule has 2 fully saturated rings. The van der Waals surface area contributed by atoms with Crippen LogP contribution in [0.2, 0.25) is 0 Å². The number of amides is 1. The molecular formula is C25H36N4O5. The fourth-order valence-corrected chi connectivity index (χ4v) is 5.29. The molecule has 0 unspecified atom stereocenters. The number of ether oxygens (including phenoxy) is 1. The number of benzene rings is 1. The molecule has 2 saturated heterocycles. The number of esters is 1. The van der Waals surface area contributed by atoms with Gasteiger partial charge in [-0.25, -0.2) is 4.79 Å². The van der Waals surface area contributed by atoms with Crippen LogP contribution in [0.15, 0.2) is 21.3 Å². The van der Waals surface area contributed by atoms with Crippen molar-refractivity contribution in [1.82, 2.24) is 19.7 Å². The second-order valence-corrected chi connectivity index (χ2v) is 9.58. The number of likely N-dealkylation sites (tertiary alicyclic amines) is 1. The second-order valence-electron chi connectivity index (χ2n) is 9.58. The maximum Gasteiger partial charge on any atom is 0.417 e. The Morgan fingerprint density at radius 1 is 1.15 bits per heavy atom. The summed E-state index contributed by atoms with van der Waals surface area (Å²) >= 11 is 0. The van der Waals surface area contributed by atoms with E-state index < -0.39 is 5.76 Å². The summed E-state index contributed by atoms with van der Waals surface area (Å²) in [5.41, 5.74) is 3.21. The lowest BCUT2D eigenvalue weighted by Gasteiger charge is -2.43. The fourth-order valence-electron chi connectivity index (χ4n) is 5.29. The van der Waals surface area contributed by atoms with E-state index in [2.05, 4.69) is 14.8 Å². The number of piperidine rings is 1. The number of hydrogen-bond acceptors (Lipinski definition) is 7. The van der Waals surface area contributed by atoms with Gasteiger partial charge in [-0.3, -0.25) is 24.4 Å². The van der Waals surface area contributed by atoms with E-state index in [9.17, 15) is 14.4 Å². The summed E-state index contributed by atoms with van der Waals surface area (Å²) in [6, 6.07) is 4.37. The van der Waals surface area contributed by atoms with Crippen molar-refractivity contribution in [2.75, 3.05) is 52.4 Å². The van der Waals surface area contributed by atoms with E-state index in [4.69, 9.17) is 9.15 Å². The summed E-state index contributed by atoms with van der Waals surface area (Å²) in [4.78, 5) is 45.7. The molecule has 4 rings (SSSR count). The van der Waals surface area contributed by atoms with Crippen molar-refractivity contribution >= 4 is 23.0 Å². The van der Waals surface area contributed by atoms with Gasteiger partial charge in [0.25, 0.3) is 0 Å². The van der Waals surface area contributed by atoms with Gasteiger partial charge in [0.2, 0.25) is 5.91 Å². The first kappa shape index (κ1) is 24.5. The van der Waals surface area contributed by atoms with Gasteiger partial charge in [0.15, 0.2) is 5.58 Å². The number of H-pyrrole nitrogens is 1. The SMILES string of the molecule is CCOC(=O)CN1CCN(C2CCN(C(=O)[C@H](C)Cc3cc(C)c4[nH]c(=O)oc4c3)CC2)CC1. The Hall–Kier alpha value is -2.65. The number of aromatic amines is 1. The fraction of sp³-hybridized carbons (Fsp3) is 0.640. The number of carbonyl (C=O) groups excluding carboxylic acids is 2. The number of rotatable bonds is 7. The number of nitrogens with one attached hydrogen (secondary N) is 1. The van der Waals surface area contributed by atoms with Crippen molar-refractivity contribution in [3.05, 3.63) is 33.8 Å². The van der Waals surface area contributed by atoms with Crippen LogP contribution >= 0.6 is 0 Å². The Morgan fingerprint density at radius 3 is 2.53 bits per heavy atom. The molecule has 1 aromatic carbocycles. The molecule has 9 nitrogen and oxygen atoms in total. The lowest BCUT2D eigenvalue weighted by atomic mass is 9.96. The molecule has 1 amide bonds. The standard InChI is InChI=1S/C25H36N4O5/c1-4-33-22(30)16-27-9-11-28(12-10-27)20-5-7-29(8-6-20)24(31)18(3)14-19-13-17(2)23-21(15-19)34-25(32)26-23/h13,15,18,20H,4-12,14,16H2,1-3H3,(H,26,32)/t18-/m1/s1. The molecule has 0 saturated carbocycles. The lowest BCUT2D eigenvalue weighted by Crippen LogP contribution is -2.54. The minimum absolute atomic E-state index is 0.134. The zero-order valence-electron chi connectivity index (χ0n) is 20.5. The molecule has 34 heavy (non-hydrogen) atoms. The molecule has 9 heteroatoms. The number of piperazine rings is 1. The highest BCUT2D eigenvalue weighted by atomic mass is 16.5. The van der Waals surface area contributed by atoms with Gasteiger partial charge in [-0.15, -0.1) is 0 Å². The molecule has 0 radical (unpaired) electrons. The van der Waals surface area contributed by atoms with E-state index in [1.807, 2.05) is 37.8 Å². The normalized spacial score (nSPS) is 19.4. The zero-order chi connectivity index (χ0) is 24.2. The molecular weight excluding hydrogens is 436 g/mol. The average molecular weight is 473 g/mol. The zero-order valence-corrected chi connectivity index (χ0v) is 20.5. The summed E-state index contributed by atoms with van der Waals surface area (Å²) in [6.07, 6.45) is 2.58. The number of nitrogens with zero attached hydrogens (tertiary/aromatic N) is 3. The first-order valence-electron chi connectivity index (χ1n) is 12.4. The van der Waals surface area contributed by atoms with Crippen molar-refractivity contribution < 1.29 is 18.7 Å². The predicted octanol–water partition coefficient (Wildman–Crippen LogP) is 1.78. The van der Waals surface area contributed by atoms with Crippen LogP contribution in [0.5, 0.6) is 0 Å². The molecule has 3 heterocycles. The van der Waals surface area contributed by atoms with Crippen LogP contribution in [0.25, 0.3) is 11.1 Å². The first-order valence-corrected chi connectivity index (χ1v) is 12.4. The maximum atomic E-state index is 13.1. The largest absolute Gasteiger partial charge is 0.465 e. The van der Waals surface area contributed by atoms with Crippen LogP contribution in [0, 0.1) is 12.8 Å². The number of hydrogen-bond donors (Lipinski definition) is 1. The van der Waals surface area contributed by atoms with Gasteiger partial charge in [-0.2, -0.15) is 0 Å². The highest BCUT2D eigenvalue weighted by molar-refractivity contribution is 5.80. The molecule has 0 bridgehead atoms. The molecule has 1 atom stereocenters. The summed E-state index contributed by atoms with van der Waals surface area (Å²) in [6.45, 7) is 11.7. The Kier molecular flexibility index (Phi) is 7.73. The van der Waals surface area contributed by atoms with Gasteiger partial charge < -0.3 is 14.1 Å². The molecule has 1 N–H and O–H groups in total. The van der Waals surface area contributed by atoms with Gasteiger partial charge in [0.1, 0.15) is 0 Å². The number of aryl methyl sites for hydroxylation is 1. The van der Waals surface area contributed by atoms with Gasteiger partial charge in [0.05, 0.1) is 18.7 Å². The van der Waals surface area contributed by atoms with E-state index in [1.54, 1.807) is 0 Å². The van der Waals surface area contributed by atoms with Gasteiger partial charge >= 0.3 is 11.7 Å². The Bertz CT molecular complexity index is 1060. The van der Waals surface area contributed by atoms with Crippen LogP contribution in [-0.4, -0.2) is 90.0 Å². The van der Waals surface area contributed by atoms with Crippen LogP contribution in [0.4, 0.5) is 0 Å². The van der Waals surface area contributed by atoms with Gasteiger partial charge in [-0.05, 0) is 50.3 Å². The number of carbonyl (C=O) groups is 2. The molecule has 0 spiro atoms. The van der Waals surface area contributed by atoms with Crippen molar-refractivity contribution in [2.45, 2.75) is 46.1 Å². The molecule has 0 aliphatic carbocycles. The van der Waals surface area contributed by atoms with Crippen molar-refractivity contribution in [2.24, 2.45) is 5.92 Å². The summed E-state index contributed by atoms with van der Waals surface area (Å²) in [5, 5.41) is 0. The molecule has 186 valence electrons. The first-order chi connectivity index (χ1) is 16.3. The Morgan fingerprint density at radius 2 is 1.85 bits per heavy atom. The van der Waals surface area contributed by atoms with Crippen LogP contribution < -0.4 is 5.76 Å². The van der Waals surface area contributed by atoms with E-state index in [1.165, 1.54) is 0 Å². The van der Waals surface area contributed by atoms with E-state index >= 15 is 0 Å². The highest BCUT2D eigenvalue weighted by Crippen LogP contribution is 2.23. The Balaban J connectivity index is 1.24. The smallest absolute Gasteiger partial charge is 0.417 e. The van der Waals surface area contributed by atoms with E-state index in [-0.39, 0.29) is 17.8 Å². The highest BCUT2D eigenvalue weighted by Gasteiger charge is 2.31. The Labute approximate surface area is 200 Å². The predicted molar refractivity (Wildman–Crippen MR) is 129 cm³/mol. The summed E-state index contributed by atoms with van der Waals surface area (Å²) in [5.74, 6) is -0.552. The minimum Gasteiger partial charge on any atom is -0.465 e. The topological polar surface area (TPSA) is 99.1 Å². The lowest BCUT2D eigenvalue weighted by molar-refractivity contribution is -0.144. The number of aromatic nitrogens is 1. The third-order valence-electron chi connectivity index (χ3n) is 7.11. The monoisotopic (exact) mass is 472 g/mol. The van der Waals surface area contributed by atoms with Crippen molar-refractivity contribution in [3.8, 4) is 0 Å². The van der Waals surface area contributed by atoms with Gasteiger partial charge in [0, 0.05) is 51.2 Å². The van der Waals surface area contributed by atoms with Crippen LogP contribution in [0.1, 0.15) is 37.8 Å². The number of fused-ring (bicyclic) bond motifs is 1. The van der Waals surface area contributed by atoms with E-state index in [0.29, 0.717) is 31.2 Å². The third kappa shape index (κ3) is 5.70. The molecule has 2 aromatic rings. The third-order valence-corrected chi connectivity index (χ3v) is 7.11. The van der Waals surface area contributed by atoms with Crippen LogP contribution in [0.3, 0.4) is 0 Å². The van der Waals surface area contributed by atoms with Crippen molar-refractivity contribution in [3.63, 3.8) is 0 Å². The van der Waals surface area contributed by atoms with Crippen LogP contribution in [-0.2, 0) is 20.7 Å². The molecule has 2 aliphatic rings. The molecule has 1 aromatic heterocycles. The van der Waals surface area contributed by atoms with Crippen molar-refractivity contribution in [1.29, 1.82) is 0 Å². The molecule has 2 aliphatic heterocycles. The number of oxazole rings is 1.